The van der Waals surface area contributed by atoms with Crippen LogP contribution in [-0.4, -0.2) is 22.1 Å². The van der Waals surface area contributed by atoms with Crippen molar-refractivity contribution < 1.29 is 31.8 Å². The van der Waals surface area contributed by atoms with E-state index < -0.39 is 11.7 Å². The molecule has 0 saturated heterocycles. The monoisotopic (exact) mass is 642 g/mol. The van der Waals surface area contributed by atoms with Crippen LogP contribution < -0.4 is 10.6 Å². The Hall–Kier alpha value is -5.45. The fourth-order valence-corrected chi connectivity index (χ4v) is 5.21. The Morgan fingerprint density at radius 3 is 1.87 bits per heavy atom. The van der Waals surface area contributed by atoms with Crippen molar-refractivity contribution in [2.24, 2.45) is 0 Å². The van der Waals surface area contributed by atoms with E-state index in [9.17, 15) is 22.8 Å². The molecule has 2 amide bonds. The third kappa shape index (κ3) is 7.86. The van der Waals surface area contributed by atoms with Gasteiger partial charge in [0.2, 0.25) is 11.8 Å². The second-order valence-corrected chi connectivity index (χ2v) is 11.4. The van der Waals surface area contributed by atoms with Crippen molar-refractivity contribution in [3.63, 3.8) is 0 Å². The summed E-state index contributed by atoms with van der Waals surface area (Å²) in [7, 11) is 0. The minimum absolute atomic E-state index is 0.0892. The summed E-state index contributed by atoms with van der Waals surface area (Å²) < 4.78 is 49.0. The van der Waals surface area contributed by atoms with Gasteiger partial charge in [0.15, 0.2) is 11.2 Å². The number of hydrogen-bond acceptors (Lipinski definition) is 6. The first kappa shape index (κ1) is 32.9. The van der Waals surface area contributed by atoms with Crippen LogP contribution in [0.1, 0.15) is 47.5 Å². The highest BCUT2D eigenvalue weighted by molar-refractivity contribution is 5.94. The van der Waals surface area contributed by atoms with Gasteiger partial charge in [0.25, 0.3) is 0 Å². The number of halogens is 3. The number of nitrogens with one attached hydrogen (secondary N) is 2. The molecular weight excluding hydrogens is 609 g/mol. The predicted octanol–water partition coefficient (Wildman–Crippen LogP) is 8.97. The molecule has 0 atom stereocenters. The van der Waals surface area contributed by atoms with Gasteiger partial charge in [-0.3, -0.25) is 9.59 Å². The van der Waals surface area contributed by atoms with Gasteiger partial charge in [-0.25, -0.2) is 0 Å². The average molecular weight is 643 g/mol. The first-order valence-corrected chi connectivity index (χ1v) is 14.9. The van der Waals surface area contributed by atoms with E-state index in [1.165, 1.54) is 26.0 Å². The second-order valence-electron chi connectivity index (χ2n) is 11.4. The molecule has 242 valence electrons. The van der Waals surface area contributed by atoms with Gasteiger partial charge in [-0.15, -0.1) is 0 Å². The van der Waals surface area contributed by atoms with Gasteiger partial charge in [0.05, 0.1) is 17.0 Å². The number of hydrogen-bond donors (Lipinski definition) is 2. The lowest BCUT2D eigenvalue weighted by Crippen LogP contribution is -2.06. The molecule has 0 aliphatic heterocycles. The van der Waals surface area contributed by atoms with Gasteiger partial charge < -0.3 is 19.7 Å². The number of alkyl halides is 3. The molecule has 6 rings (SSSR count). The van der Waals surface area contributed by atoms with Crippen LogP contribution >= 0.6 is 0 Å². The summed E-state index contributed by atoms with van der Waals surface area (Å²) in [6.45, 7) is 8.68. The maximum absolute atomic E-state index is 12.8. The molecule has 0 bridgehead atoms. The summed E-state index contributed by atoms with van der Waals surface area (Å²) in [6, 6.07) is 20.4. The number of amides is 2. The number of anilines is 2. The van der Waals surface area contributed by atoms with Crippen LogP contribution in [0.15, 0.2) is 81.8 Å². The third-order valence-electron chi connectivity index (χ3n) is 7.63. The van der Waals surface area contributed by atoms with E-state index in [0.717, 1.165) is 67.8 Å². The summed E-state index contributed by atoms with van der Waals surface area (Å²) in [5, 5.41) is 15.5. The van der Waals surface area contributed by atoms with Crippen molar-refractivity contribution in [1.29, 1.82) is 0 Å². The van der Waals surface area contributed by atoms with Crippen LogP contribution in [0.5, 0.6) is 0 Å². The normalized spacial score (nSPS) is 11.3. The van der Waals surface area contributed by atoms with Crippen LogP contribution in [0, 0.1) is 20.8 Å². The van der Waals surface area contributed by atoms with Crippen molar-refractivity contribution in [3.8, 4) is 11.1 Å². The van der Waals surface area contributed by atoms with Crippen LogP contribution in [0.3, 0.4) is 0 Å². The molecular formula is C36H33F3N4O4. The van der Waals surface area contributed by atoms with Gasteiger partial charge in [-0.2, -0.15) is 13.2 Å². The Labute approximate surface area is 268 Å². The van der Waals surface area contributed by atoms with Crippen LogP contribution in [0.4, 0.5) is 24.5 Å². The fourth-order valence-electron chi connectivity index (χ4n) is 5.21. The minimum atomic E-state index is -4.35. The standard InChI is InChI=1S/C25H21F3N2O2.C11H12N2O2/c1-15-12-21-22(30-32-24(21)14-23(15)29-16(2)31)11-6-17-4-3-5-19(13-17)18-7-9-20(10-8-18)25(26,27)28;1-6-4-9-7(2)13-15-11(9)5-10(6)12-8(3)14/h3-5,7-10,12-14H,6,11H2,1-2H3,(H,29,31);4-5H,1-3H3,(H,12,14). The van der Waals surface area contributed by atoms with Crippen molar-refractivity contribution in [1.82, 2.24) is 10.3 Å². The molecule has 6 aromatic rings. The molecule has 11 heteroatoms. The summed E-state index contributed by atoms with van der Waals surface area (Å²) in [6.07, 6.45) is -3.01. The van der Waals surface area contributed by atoms with Crippen molar-refractivity contribution >= 4 is 45.1 Å². The van der Waals surface area contributed by atoms with E-state index in [4.69, 9.17) is 9.05 Å². The second kappa shape index (κ2) is 13.5. The molecule has 2 aromatic heterocycles. The Kier molecular flexibility index (Phi) is 9.46. The zero-order valence-electron chi connectivity index (χ0n) is 26.5. The number of aromatic nitrogens is 2. The Morgan fingerprint density at radius 1 is 0.702 bits per heavy atom. The van der Waals surface area contributed by atoms with Gasteiger partial charge >= 0.3 is 6.18 Å². The predicted molar refractivity (Wildman–Crippen MR) is 175 cm³/mol. The van der Waals surface area contributed by atoms with E-state index in [1.807, 2.05) is 57.2 Å². The van der Waals surface area contributed by atoms with E-state index in [0.29, 0.717) is 29.7 Å². The largest absolute Gasteiger partial charge is 0.416 e. The van der Waals surface area contributed by atoms with Crippen LogP contribution in [0.25, 0.3) is 33.1 Å². The Bertz CT molecular complexity index is 2080. The first-order valence-electron chi connectivity index (χ1n) is 14.9. The molecule has 0 aliphatic carbocycles. The molecule has 0 aliphatic rings. The van der Waals surface area contributed by atoms with Crippen LogP contribution in [0.2, 0.25) is 0 Å². The number of benzene rings is 4. The molecule has 0 radical (unpaired) electrons. The lowest BCUT2D eigenvalue weighted by atomic mass is 9.99. The number of rotatable bonds is 6. The minimum Gasteiger partial charge on any atom is -0.356 e. The van der Waals surface area contributed by atoms with E-state index in [1.54, 1.807) is 12.1 Å². The lowest BCUT2D eigenvalue weighted by molar-refractivity contribution is -0.137. The van der Waals surface area contributed by atoms with Crippen molar-refractivity contribution in [2.75, 3.05) is 10.6 Å². The number of carbonyl (C=O) groups is 2. The maximum atomic E-state index is 12.8. The highest BCUT2D eigenvalue weighted by Gasteiger charge is 2.30. The summed E-state index contributed by atoms with van der Waals surface area (Å²) >= 11 is 0. The molecule has 0 unspecified atom stereocenters. The topological polar surface area (TPSA) is 110 Å². The first-order chi connectivity index (χ1) is 22.3. The zero-order chi connectivity index (χ0) is 33.9. The van der Waals surface area contributed by atoms with Crippen molar-refractivity contribution in [3.05, 3.63) is 106 Å². The number of carbonyl (C=O) groups excluding carboxylic acids is 2. The smallest absolute Gasteiger partial charge is 0.356 e. The van der Waals surface area contributed by atoms with Crippen LogP contribution in [-0.2, 0) is 28.6 Å². The SMILES string of the molecule is CC(=O)Nc1cc2onc(C)c2cc1C.CC(=O)Nc1cc2onc(CCc3cccc(-c4ccc(C(F)(F)F)cc4)c3)c2cc1C. The molecule has 2 heterocycles. The molecule has 2 N–H and O–H groups in total. The van der Waals surface area contributed by atoms with Gasteiger partial charge in [-0.05, 0) is 85.7 Å². The molecule has 0 spiro atoms. The molecule has 47 heavy (non-hydrogen) atoms. The highest BCUT2D eigenvalue weighted by Crippen LogP contribution is 2.32. The van der Waals surface area contributed by atoms with Gasteiger partial charge in [0.1, 0.15) is 0 Å². The fraction of sp³-hybridized carbons (Fsp3) is 0.222. The van der Waals surface area contributed by atoms with E-state index in [2.05, 4.69) is 20.9 Å². The highest BCUT2D eigenvalue weighted by atomic mass is 19.4. The summed E-state index contributed by atoms with van der Waals surface area (Å²) in [5.41, 5.74) is 8.34. The molecule has 4 aromatic carbocycles. The van der Waals surface area contributed by atoms with Crippen molar-refractivity contribution in [2.45, 2.75) is 53.6 Å². The average Bonchev–Trinajstić information content (AvgIpc) is 3.58. The van der Waals surface area contributed by atoms with E-state index >= 15 is 0 Å². The lowest BCUT2D eigenvalue weighted by Gasteiger charge is -2.09. The number of aryl methyl sites for hydroxylation is 5. The molecule has 0 saturated carbocycles. The summed E-state index contributed by atoms with van der Waals surface area (Å²) in [5.74, 6) is -0.242. The Morgan fingerprint density at radius 2 is 1.28 bits per heavy atom. The maximum Gasteiger partial charge on any atom is 0.416 e. The molecule has 0 fully saturated rings. The number of nitrogens with zero attached hydrogens (tertiary/aromatic N) is 2. The third-order valence-corrected chi connectivity index (χ3v) is 7.63. The van der Waals surface area contributed by atoms with E-state index in [-0.39, 0.29) is 11.8 Å². The zero-order valence-corrected chi connectivity index (χ0v) is 26.5. The van der Waals surface area contributed by atoms with Gasteiger partial charge in [0, 0.05) is 48.1 Å². The number of fused-ring (bicyclic) bond motifs is 2. The Balaban J connectivity index is 0.000000241. The summed E-state index contributed by atoms with van der Waals surface area (Å²) in [4.78, 5) is 22.3. The quantitative estimate of drug-likeness (QED) is 0.188. The van der Waals surface area contributed by atoms with Gasteiger partial charge in [-0.1, -0.05) is 46.7 Å². The molecule has 8 nitrogen and oxygen atoms in total.